The summed E-state index contributed by atoms with van der Waals surface area (Å²) >= 11 is 10.9. The molecule has 0 radical (unpaired) electrons. The molecule has 0 aliphatic carbocycles. The third-order valence-corrected chi connectivity index (χ3v) is 13.7. The highest BCUT2D eigenvalue weighted by Crippen LogP contribution is 2.38. The van der Waals surface area contributed by atoms with Gasteiger partial charge in [-0.15, -0.1) is 0 Å². The third kappa shape index (κ3) is 14.5. The van der Waals surface area contributed by atoms with Crippen molar-refractivity contribution in [2.75, 3.05) is 84.6 Å². The number of aliphatic hydroxyl groups excluding tert-OH is 5. The van der Waals surface area contributed by atoms with Gasteiger partial charge in [-0.05, 0) is 136 Å². The van der Waals surface area contributed by atoms with Crippen molar-refractivity contribution in [2.24, 2.45) is 0 Å². The van der Waals surface area contributed by atoms with Crippen molar-refractivity contribution in [2.45, 2.75) is 18.3 Å². The fraction of sp³-hybridized carbons (Fsp3) is 0.438. The lowest BCUT2D eigenvalue weighted by Crippen LogP contribution is -2.39. The molecular weight excluding hydrogens is 1440 g/mol. The lowest BCUT2D eigenvalue weighted by atomic mass is 10.1. The molecule has 9 N–H and O–H groups in total. The van der Waals surface area contributed by atoms with Crippen LogP contribution in [0.15, 0.2) is 0 Å². The Morgan fingerprint density at radius 2 is 1.00 bits per heavy atom. The zero-order chi connectivity index (χ0) is 43.3. The maximum Gasteiger partial charge on any atom is 0.340 e. The molecule has 0 saturated carbocycles. The van der Waals surface area contributed by atoms with Crippen LogP contribution in [0.2, 0.25) is 0 Å². The van der Waals surface area contributed by atoms with Crippen molar-refractivity contribution in [3.8, 4) is 0 Å². The fourth-order valence-corrected chi connectivity index (χ4v) is 13.3. The number of esters is 1. The van der Waals surface area contributed by atoms with Gasteiger partial charge in [-0.3, -0.25) is 24.0 Å². The van der Waals surface area contributed by atoms with Gasteiger partial charge in [0, 0.05) is 48.0 Å². The van der Waals surface area contributed by atoms with Crippen LogP contribution in [0.4, 0.5) is 11.4 Å². The molecule has 0 bridgehead atoms. The first-order valence-electron chi connectivity index (χ1n) is 16.0. The van der Waals surface area contributed by atoms with Gasteiger partial charge >= 0.3 is 5.97 Å². The minimum absolute atomic E-state index is 0.00201. The van der Waals surface area contributed by atoms with Crippen LogP contribution in [0.1, 0.15) is 41.4 Å². The molecule has 2 aromatic carbocycles. The first-order valence-corrected chi connectivity index (χ1v) is 22.5. The number of carbonyl (C=O) groups is 6. The summed E-state index contributed by atoms with van der Waals surface area (Å²) in [5.41, 5.74) is 0.0584. The molecule has 0 fully saturated rings. The van der Waals surface area contributed by atoms with Crippen LogP contribution < -0.4 is 21.3 Å². The number of hydrogen-bond acceptors (Lipinski definition) is 14. The molecule has 3 atom stereocenters. The minimum Gasteiger partial charge on any atom is -0.459 e. The van der Waals surface area contributed by atoms with Crippen LogP contribution in [0.3, 0.4) is 0 Å². The first-order chi connectivity index (χ1) is 26.8. The molecule has 0 saturated heterocycles. The summed E-state index contributed by atoms with van der Waals surface area (Å²) in [4.78, 5) is 80.4. The SMILES string of the molecule is COCC(=O)Nc1c(I)c(C(=O)NCC(O)CO)c(I)c(C(=O)OCC(O)CN(C)C(=O)c2c(I)c(NC(=O)COC)c(I)c(C(=O)NCC(O)CO)c2I)c1I. The molecule has 2 rings (SSSR count). The molecule has 0 aromatic heterocycles. The average molecular weight is 1480 g/mol. The summed E-state index contributed by atoms with van der Waals surface area (Å²) in [5, 5.41) is 59.1. The normalized spacial score (nSPS) is 12.6. The van der Waals surface area contributed by atoms with E-state index in [9.17, 15) is 49.2 Å². The molecule has 2 aromatic rings. The third-order valence-electron chi connectivity index (χ3n) is 7.24. The number of rotatable bonds is 20. The van der Waals surface area contributed by atoms with E-state index in [0.717, 1.165) is 4.90 Å². The number of nitrogens with zero attached hydrogens (tertiary/aromatic N) is 1. The van der Waals surface area contributed by atoms with Gasteiger partial charge in [0.15, 0.2) is 0 Å². The maximum atomic E-state index is 14.0. The number of amides is 5. The van der Waals surface area contributed by atoms with E-state index in [1.807, 2.05) is 90.4 Å². The van der Waals surface area contributed by atoms with Crippen LogP contribution in [-0.4, -0.2) is 158 Å². The van der Waals surface area contributed by atoms with Gasteiger partial charge in [0.05, 0.1) is 73.3 Å². The van der Waals surface area contributed by atoms with E-state index in [-0.39, 0.29) is 87.9 Å². The van der Waals surface area contributed by atoms with Crippen LogP contribution in [0.5, 0.6) is 0 Å². The minimum atomic E-state index is -1.46. The number of aliphatic hydroxyl groups is 5. The van der Waals surface area contributed by atoms with Gasteiger partial charge < -0.3 is 65.9 Å². The van der Waals surface area contributed by atoms with E-state index < -0.39 is 73.6 Å². The number of ether oxygens (including phenoxy) is 3. The summed E-state index contributed by atoms with van der Waals surface area (Å²) < 4.78 is 16.5. The molecule has 5 amide bonds. The Bertz CT molecular complexity index is 1860. The quantitative estimate of drug-likeness (QED) is 0.0660. The lowest BCUT2D eigenvalue weighted by Gasteiger charge is -2.25. The summed E-state index contributed by atoms with van der Waals surface area (Å²) in [7, 11) is 3.98. The number of anilines is 2. The Hall–Kier alpha value is -0.640. The van der Waals surface area contributed by atoms with E-state index in [2.05, 4.69) is 21.3 Å². The molecule has 0 spiro atoms. The van der Waals surface area contributed by atoms with Crippen molar-refractivity contribution in [3.63, 3.8) is 0 Å². The van der Waals surface area contributed by atoms with Crippen molar-refractivity contribution in [1.29, 1.82) is 0 Å². The second-order valence-corrected chi connectivity index (χ2v) is 18.1. The Morgan fingerprint density at radius 3 is 1.40 bits per heavy atom. The van der Waals surface area contributed by atoms with E-state index in [0.29, 0.717) is 0 Å². The van der Waals surface area contributed by atoms with Crippen LogP contribution in [0.25, 0.3) is 0 Å². The Balaban J connectivity index is 2.46. The highest BCUT2D eigenvalue weighted by molar-refractivity contribution is 14.1. The predicted molar refractivity (Wildman–Crippen MR) is 254 cm³/mol. The molecule has 316 valence electrons. The van der Waals surface area contributed by atoms with E-state index in [1.165, 1.54) is 21.3 Å². The Morgan fingerprint density at radius 1 is 0.614 bits per heavy atom. The highest BCUT2D eigenvalue weighted by Gasteiger charge is 2.32. The average Bonchev–Trinajstić information content (AvgIpc) is 3.15. The van der Waals surface area contributed by atoms with Crippen LogP contribution >= 0.6 is 136 Å². The Labute approximate surface area is 408 Å². The number of nitrogens with one attached hydrogen (secondary N) is 4. The molecule has 57 heavy (non-hydrogen) atoms. The van der Waals surface area contributed by atoms with E-state index in [4.69, 9.17) is 19.3 Å². The zero-order valence-electron chi connectivity index (χ0n) is 30.0. The predicted octanol–water partition coefficient (Wildman–Crippen LogP) is 0.940. The topological polar surface area (TPSA) is 283 Å². The number of benzene rings is 2. The molecule has 25 heteroatoms. The largest absolute Gasteiger partial charge is 0.459 e. The number of likely N-dealkylation sites (N-methyl/N-ethyl adjacent to an activating group) is 1. The van der Waals surface area contributed by atoms with Crippen LogP contribution in [-0.2, 0) is 23.8 Å². The van der Waals surface area contributed by atoms with Crippen molar-refractivity contribution < 1.29 is 68.5 Å². The van der Waals surface area contributed by atoms with Gasteiger partial charge in [-0.25, -0.2) is 4.79 Å². The van der Waals surface area contributed by atoms with Gasteiger partial charge in [-0.2, -0.15) is 0 Å². The van der Waals surface area contributed by atoms with Gasteiger partial charge in [0.25, 0.3) is 17.7 Å². The summed E-state index contributed by atoms with van der Waals surface area (Å²) in [5.74, 6) is -4.26. The number of methoxy groups -OCH3 is 2. The second kappa shape index (κ2) is 25.3. The molecule has 3 unspecified atom stereocenters. The Kier molecular flexibility index (Phi) is 23.3. The number of halogens is 6. The monoisotopic (exact) mass is 1480 g/mol. The summed E-state index contributed by atoms with van der Waals surface area (Å²) in [6.07, 6.45) is -3.98. The maximum absolute atomic E-state index is 14.0. The number of hydrogen-bond donors (Lipinski definition) is 9. The zero-order valence-corrected chi connectivity index (χ0v) is 43.0. The summed E-state index contributed by atoms with van der Waals surface area (Å²) in [6, 6.07) is 0. The van der Waals surface area contributed by atoms with Crippen molar-refractivity contribution in [3.05, 3.63) is 43.7 Å². The highest BCUT2D eigenvalue weighted by atomic mass is 127. The second-order valence-electron chi connectivity index (χ2n) is 11.6. The smallest absolute Gasteiger partial charge is 0.340 e. The van der Waals surface area contributed by atoms with Gasteiger partial charge in [0.1, 0.15) is 25.9 Å². The lowest BCUT2D eigenvalue weighted by molar-refractivity contribution is -0.120. The van der Waals surface area contributed by atoms with Gasteiger partial charge in [-0.1, -0.05) is 0 Å². The standard InChI is InChI=1S/C32H37I6N5O14/c1-43(31(53)19-21(33)17(29(51)39-4-12(46)7-44)23(35)27(25(19)37)41-15(49)10-55-2)6-14(48)9-57-32(54)20-22(34)18(30(52)40-5-13(47)8-45)24(36)28(26(20)38)42-16(50)11-56-3/h12-14,44-48H,4-11H2,1-3H3,(H,39,51)(H,40,52)(H,41,49)(H,42,50). The van der Waals surface area contributed by atoms with Crippen molar-refractivity contribution >= 4 is 182 Å². The van der Waals surface area contributed by atoms with E-state index in [1.54, 1.807) is 45.2 Å². The molecular formula is C32H37I6N5O14. The van der Waals surface area contributed by atoms with Gasteiger partial charge in [0.2, 0.25) is 11.8 Å². The first kappa shape index (κ1) is 52.5. The molecule has 0 heterocycles. The molecule has 19 nitrogen and oxygen atoms in total. The molecule has 0 aliphatic rings. The van der Waals surface area contributed by atoms with Crippen molar-refractivity contribution in [1.82, 2.24) is 15.5 Å². The molecule has 0 aliphatic heterocycles. The van der Waals surface area contributed by atoms with E-state index >= 15 is 0 Å². The fourth-order valence-electron chi connectivity index (χ4n) is 4.54. The van der Waals surface area contributed by atoms with Crippen LogP contribution in [0, 0.1) is 21.4 Å². The number of carbonyl (C=O) groups excluding carboxylic acids is 6. The summed E-state index contributed by atoms with van der Waals surface area (Å²) in [6.45, 7) is -3.54.